The highest BCUT2D eigenvalue weighted by atomic mass is 32.2. The molecular weight excluding hydrogens is 276 g/mol. The smallest absolute Gasteiger partial charge is 0.278 e. The van der Waals surface area contributed by atoms with Crippen LogP contribution < -0.4 is 10.5 Å². The Balaban J connectivity index is 2.31. The van der Waals surface area contributed by atoms with Gasteiger partial charge in [0.25, 0.3) is 10.0 Å². The van der Waals surface area contributed by atoms with Crippen LogP contribution in [0.3, 0.4) is 0 Å². The van der Waals surface area contributed by atoms with Crippen molar-refractivity contribution in [3.8, 4) is 11.8 Å². The van der Waals surface area contributed by atoms with E-state index in [9.17, 15) is 8.42 Å². The van der Waals surface area contributed by atoms with Gasteiger partial charge in [0.15, 0.2) is 5.03 Å². The van der Waals surface area contributed by atoms with Gasteiger partial charge in [0.05, 0.1) is 18.4 Å². The molecule has 0 aliphatic heterocycles. The average Bonchev–Trinajstić information content (AvgIpc) is 2.94. The predicted molar refractivity (Wildman–Crippen MR) is 76.5 cm³/mol. The minimum absolute atomic E-state index is 0.00710. The summed E-state index contributed by atoms with van der Waals surface area (Å²) in [5.74, 6) is 5.65. The van der Waals surface area contributed by atoms with Crippen LogP contribution in [0.1, 0.15) is 11.1 Å². The molecule has 6 nitrogen and oxygen atoms in total. The molecule has 0 fully saturated rings. The molecule has 7 heteroatoms. The normalized spacial score (nSPS) is 10.7. The third kappa shape index (κ3) is 3.17. The molecule has 4 N–H and O–H groups in total. The van der Waals surface area contributed by atoms with Crippen LogP contribution in [0.2, 0.25) is 0 Å². The lowest BCUT2D eigenvalue weighted by atomic mass is 10.1. The summed E-state index contributed by atoms with van der Waals surface area (Å²) in [4.78, 5) is 0. The van der Waals surface area contributed by atoms with E-state index in [1.165, 1.54) is 12.3 Å². The van der Waals surface area contributed by atoms with Crippen LogP contribution in [0.15, 0.2) is 35.5 Å². The van der Waals surface area contributed by atoms with E-state index < -0.39 is 10.0 Å². The molecule has 0 amide bonds. The van der Waals surface area contributed by atoms with Crippen molar-refractivity contribution in [3.63, 3.8) is 0 Å². The van der Waals surface area contributed by atoms with Gasteiger partial charge < -0.3 is 5.73 Å². The van der Waals surface area contributed by atoms with Crippen LogP contribution in [0.5, 0.6) is 0 Å². The SMILES string of the molecule is Cc1ccc(NS(=O)(=O)c2ccn[nH]2)cc1C#CCN. The van der Waals surface area contributed by atoms with E-state index in [1.54, 1.807) is 18.2 Å². The molecule has 2 rings (SSSR count). The molecule has 0 radical (unpaired) electrons. The van der Waals surface area contributed by atoms with Crippen LogP contribution in [-0.4, -0.2) is 25.2 Å². The molecule has 1 aromatic carbocycles. The average molecular weight is 290 g/mol. The lowest BCUT2D eigenvalue weighted by Gasteiger charge is -2.07. The van der Waals surface area contributed by atoms with E-state index in [0.717, 1.165) is 11.1 Å². The quantitative estimate of drug-likeness (QED) is 0.729. The van der Waals surface area contributed by atoms with E-state index in [1.807, 2.05) is 6.92 Å². The largest absolute Gasteiger partial charge is 0.320 e. The molecule has 20 heavy (non-hydrogen) atoms. The first-order valence-electron chi connectivity index (χ1n) is 5.85. The summed E-state index contributed by atoms with van der Waals surface area (Å²) in [6.07, 6.45) is 1.38. The maximum absolute atomic E-state index is 12.0. The molecule has 0 unspecified atom stereocenters. The van der Waals surface area contributed by atoms with Gasteiger partial charge in [0.2, 0.25) is 0 Å². The van der Waals surface area contributed by atoms with Crippen LogP contribution in [-0.2, 0) is 10.0 Å². The Labute approximate surface area is 117 Å². The van der Waals surface area contributed by atoms with Crippen molar-refractivity contribution in [2.45, 2.75) is 11.9 Å². The van der Waals surface area contributed by atoms with Gasteiger partial charge in [-0.05, 0) is 30.7 Å². The third-order valence-electron chi connectivity index (χ3n) is 2.58. The Morgan fingerprint density at radius 3 is 2.85 bits per heavy atom. The molecule has 1 heterocycles. The van der Waals surface area contributed by atoms with Gasteiger partial charge in [-0.1, -0.05) is 17.9 Å². The summed E-state index contributed by atoms with van der Waals surface area (Å²) in [5, 5.41) is 6.04. The van der Waals surface area contributed by atoms with Crippen molar-refractivity contribution in [1.82, 2.24) is 10.2 Å². The Kier molecular flexibility index (Phi) is 4.08. The molecule has 1 aromatic heterocycles. The number of aromatic nitrogens is 2. The second kappa shape index (κ2) is 5.77. The second-order valence-corrected chi connectivity index (χ2v) is 5.71. The maximum atomic E-state index is 12.0. The number of aryl methyl sites for hydroxylation is 1. The summed E-state index contributed by atoms with van der Waals surface area (Å²) in [6.45, 7) is 2.15. The highest BCUT2D eigenvalue weighted by Gasteiger charge is 2.15. The summed E-state index contributed by atoms with van der Waals surface area (Å²) < 4.78 is 26.5. The van der Waals surface area contributed by atoms with Gasteiger partial charge in [-0.3, -0.25) is 9.82 Å². The Hall–Kier alpha value is -2.30. The van der Waals surface area contributed by atoms with E-state index in [0.29, 0.717) is 5.69 Å². The standard InChI is InChI=1S/C13H14N4O2S/c1-10-4-5-12(9-11(10)3-2-7-14)17-20(18,19)13-6-8-15-16-13/h4-6,8-9,17H,7,14H2,1H3,(H,15,16). The topological polar surface area (TPSA) is 101 Å². The van der Waals surface area contributed by atoms with Crippen LogP contribution in [0, 0.1) is 18.8 Å². The fourth-order valence-electron chi connectivity index (χ4n) is 1.57. The number of nitrogens with two attached hydrogens (primary N) is 1. The fraction of sp³-hybridized carbons (Fsp3) is 0.154. The Morgan fingerprint density at radius 1 is 1.40 bits per heavy atom. The zero-order chi connectivity index (χ0) is 14.6. The second-order valence-electron chi connectivity index (χ2n) is 4.06. The van der Waals surface area contributed by atoms with Crippen molar-refractivity contribution >= 4 is 15.7 Å². The Morgan fingerprint density at radius 2 is 2.20 bits per heavy atom. The highest BCUT2D eigenvalue weighted by molar-refractivity contribution is 7.92. The van der Waals surface area contributed by atoms with Gasteiger partial charge in [-0.25, -0.2) is 0 Å². The first-order chi connectivity index (χ1) is 9.53. The summed E-state index contributed by atoms with van der Waals surface area (Å²) in [5.41, 5.74) is 7.46. The van der Waals surface area contributed by atoms with Gasteiger partial charge in [0, 0.05) is 5.56 Å². The van der Waals surface area contributed by atoms with Crippen molar-refractivity contribution in [2.24, 2.45) is 5.73 Å². The van der Waals surface area contributed by atoms with E-state index in [2.05, 4.69) is 26.8 Å². The molecule has 0 saturated heterocycles. The number of nitrogens with zero attached hydrogens (tertiary/aromatic N) is 1. The van der Waals surface area contributed by atoms with E-state index >= 15 is 0 Å². The molecule has 0 spiro atoms. The van der Waals surface area contributed by atoms with E-state index in [-0.39, 0.29) is 11.6 Å². The zero-order valence-electron chi connectivity index (χ0n) is 10.8. The lowest BCUT2D eigenvalue weighted by molar-refractivity contribution is 0.597. The number of rotatable bonds is 3. The molecule has 0 aliphatic carbocycles. The summed E-state index contributed by atoms with van der Waals surface area (Å²) >= 11 is 0. The van der Waals surface area contributed by atoms with Crippen LogP contribution >= 0.6 is 0 Å². The number of hydrogen-bond donors (Lipinski definition) is 3. The zero-order valence-corrected chi connectivity index (χ0v) is 11.7. The molecule has 104 valence electrons. The maximum Gasteiger partial charge on any atom is 0.278 e. The number of sulfonamides is 1. The summed E-state index contributed by atoms with van der Waals surface area (Å²) in [7, 11) is -3.66. The number of H-pyrrole nitrogens is 1. The van der Waals surface area contributed by atoms with E-state index in [4.69, 9.17) is 5.73 Å². The minimum atomic E-state index is -3.66. The lowest BCUT2D eigenvalue weighted by Crippen LogP contribution is -2.13. The van der Waals surface area contributed by atoms with Gasteiger partial charge in [-0.15, -0.1) is 0 Å². The summed E-state index contributed by atoms with van der Waals surface area (Å²) in [6, 6.07) is 6.53. The number of aromatic amines is 1. The molecule has 0 saturated carbocycles. The van der Waals surface area contributed by atoms with Crippen molar-refractivity contribution in [2.75, 3.05) is 11.3 Å². The molecule has 0 bridgehead atoms. The number of nitrogens with one attached hydrogen (secondary N) is 2. The number of benzene rings is 1. The molecule has 0 atom stereocenters. The number of anilines is 1. The van der Waals surface area contributed by atoms with Crippen molar-refractivity contribution in [3.05, 3.63) is 41.6 Å². The molecule has 0 aliphatic rings. The molecule has 2 aromatic rings. The van der Waals surface area contributed by atoms with Crippen LogP contribution in [0.25, 0.3) is 0 Å². The van der Waals surface area contributed by atoms with Crippen molar-refractivity contribution in [1.29, 1.82) is 0 Å². The van der Waals surface area contributed by atoms with Gasteiger partial charge >= 0.3 is 0 Å². The highest BCUT2D eigenvalue weighted by Crippen LogP contribution is 2.17. The third-order valence-corrected chi connectivity index (χ3v) is 3.89. The monoisotopic (exact) mass is 290 g/mol. The van der Waals surface area contributed by atoms with Crippen molar-refractivity contribution < 1.29 is 8.42 Å². The first kappa shape index (κ1) is 14.1. The van der Waals surface area contributed by atoms with Gasteiger partial charge in [-0.2, -0.15) is 13.5 Å². The van der Waals surface area contributed by atoms with Crippen LogP contribution in [0.4, 0.5) is 5.69 Å². The van der Waals surface area contributed by atoms with Gasteiger partial charge in [0.1, 0.15) is 0 Å². The fourth-order valence-corrected chi connectivity index (χ4v) is 2.53. The number of hydrogen-bond acceptors (Lipinski definition) is 4. The Bertz CT molecular complexity index is 755. The molecular formula is C13H14N4O2S. The first-order valence-corrected chi connectivity index (χ1v) is 7.33. The minimum Gasteiger partial charge on any atom is -0.320 e. The predicted octanol–water partition coefficient (Wildman–Crippen LogP) is 0.829.